The van der Waals surface area contributed by atoms with Crippen LogP contribution in [0.1, 0.15) is 26.7 Å². The van der Waals surface area contributed by atoms with Crippen molar-refractivity contribution >= 4 is 28.2 Å². The molecule has 1 aromatic heterocycles. The molecular formula is C12H24N4OS2. The first-order valence-corrected chi connectivity index (χ1v) is 8.30. The Morgan fingerprint density at radius 2 is 2.16 bits per heavy atom. The van der Waals surface area contributed by atoms with Gasteiger partial charge in [0.2, 0.25) is 5.13 Å². The van der Waals surface area contributed by atoms with Crippen molar-refractivity contribution in [3.05, 3.63) is 0 Å². The molecule has 110 valence electrons. The number of thioether (sulfide) groups is 1. The first-order valence-electron chi connectivity index (χ1n) is 6.50. The van der Waals surface area contributed by atoms with Gasteiger partial charge in [-0.1, -0.05) is 30.0 Å². The third-order valence-corrected chi connectivity index (χ3v) is 5.03. The van der Waals surface area contributed by atoms with Crippen LogP contribution >= 0.6 is 23.1 Å². The maximum Gasteiger partial charge on any atom is 0.208 e. The highest BCUT2D eigenvalue weighted by Crippen LogP contribution is 2.28. The zero-order valence-electron chi connectivity index (χ0n) is 12.1. The van der Waals surface area contributed by atoms with E-state index in [0.29, 0.717) is 0 Å². The minimum atomic E-state index is -0.196. The Balaban J connectivity index is 2.38. The van der Waals surface area contributed by atoms with E-state index in [1.165, 1.54) is 0 Å². The third kappa shape index (κ3) is 5.64. The third-order valence-electron chi connectivity index (χ3n) is 2.81. The number of hydrogen-bond donors (Lipinski definition) is 2. The minimum Gasteiger partial charge on any atom is -0.394 e. The van der Waals surface area contributed by atoms with Gasteiger partial charge in [0.1, 0.15) is 0 Å². The maximum absolute atomic E-state index is 9.48. The summed E-state index contributed by atoms with van der Waals surface area (Å²) in [6, 6.07) is 0. The fourth-order valence-electron chi connectivity index (χ4n) is 1.46. The summed E-state index contributed by atoms with van der Waals surface area (Å²) in [6.07, 6.45) is 1.98. The largest absolute Gasteiger partial charge is 0.394 e. The molecule has 19 heavy (non-hydrogen) atoms. The molecule has 5 nitrogen and oxygen atoms in total. The Morgan fingerprint density at radius 1 is 1.42 bits per heavy atom. The molecule has 0 amide bonds. The molecule has 0 spiro atoms. The van der Waals surface area contributed by atoms with E-state index in [2.05, 4.69) is 29.4 Å². The number of aliphatic hydroxyl groups excluding tert-OH is 1. The van der Waals surface area contributed by atoms with Gasteiger partial charge < -0.3 is 15.3 Å². The lowest BCUT2D eigenvalue weighted by molar-refractivity contribution is 0.171. The van der Waals surface area contributed by atoms with E-state index in [0.717, 1.165) is 34.6 Å². The number of hydrogen-bond acceptors (Lipinski definition) is 7. The van der Waals surface area contributed by atoms with E-state index in [1.54, 1.807) is 23.1 Å². The van der Waals surface area contributed by atoms with Crippen LogP contribution in [-0.4, -0.2) is 53.8 Å². The normalized spacial score (nSPS) is 14.4. The summed E-state index contributed by atoms with van der Waals surface area (Å²) in [5, 5.41) is 22.1. The van der Waals surface area contributed by atoms with E-state index in [-0.39, 0.29) is 12.1 Å². The van der Waals surface area contributed by atoms with Crippen molar-refractivity contribution in [1.29, 1.82) is 0 Å². The van der Waals surface area contributed by atoms with E-state index in [4.69, 9.17) is 0 Å². The summed E-state index contributed by atoms with van der Waals surface area (Å²) in [5.41, 5.74) is -0.196. The van der Waals surface area contributed by atoms with Crippen molar-refractivity contribution in [3.8, 4) is 0 Å². The van der Waals surface area contributed by atoms with E-state index in [1.807, 2.05) is 19.0 Å². The topological polar surface area (TPSA) is 61.3 Å². The van der Waals surface area contributed by atoms with Crippen molar-refractivity contribution in [2.24, 2.45) is 0 Å². The number of aliphatic hydroxyl groups is 1. The molecule has 0 saturated heterocycles. The average Bonchev–Trinajstić information content (AvgIpc) is 2.85. The molecule has 1 heterocycles. The summed E-state index contributed by atoms with van der Waals surface area (Å²) < 4.78 is 0.986. The molecule has 2 N–H and O–H groups in total. The van der Waals surface area contributed by atoms with Gasteiger partial charge in [0.05, 0.1) is 6.61 Å². The Morgan fingerprint density at radius 3 is 2.68 bits per heavy atom. The van der Waals surface area contributed by atoms with Gasteiger partial charge in [-0.3, -0.25) is 0 Å². The lowest BCUT2D eigenvalue weighted by Gasteiger charge is -2.28. The fraction of sp³-hybridized carbons (Fsp3) is 0.833. The second-order valence-corrected chi connectivity index (χ2v) is 7.29. The summed E-state index contributed by atoms with van der Waals surface area (Å²) in [6.45, 7) is 5.29. The highest BCUT2D eigenvalue weighted by atomic mass is 32.2. The van der Waals surface area contributed by atoms with Crippen molar-refractivity contribution in [2.45, 2.75) is 36.6 Å². The molecule has 0 bridgehead atoms. The maximum atomic E-state index is 9.48. The summed E-state index contributed by atoms with van der Waals surface area (Å²) in [4.78, 5) is 1.96. The van der Waals surface area contributed by atoms with Gasteiger partial charge in [-0.05, 0) is 26.3 Å². The van der Waals surface area contributed by atoms with E-state index in [9.17, 15) is 5.11 Å². The van der Waals surface area contributed by atoms with Gasteiger partial charge in [-0.15, -0.1) is 10.2 Å². The molecule has 0 aromatic carbocycles. The van der Waals surface area contributed by atoms with Gasteiger partial charge in [0, 0.05) is 25.4 Å². The Bertz CT molecular complexity index is 372. The van der Waals surface area contributed by atoms with Gasteiger partial charge in [0.15, 0.2) is 4.34 Å². The van der Waals surface area contributed by atoms with Crippen LogP contribution in [0.15, 0.2) is 4.34 Å². The Kier molecular flexibility index (Phi) is 7.06. The van der Waals surface area contributed by atoms with Gasteiger partial charge in [-0.2, -0.15) is 0 Å². The minimum absolute atomic E-state index is 0.159. The zero-order valence-corrected chi connectivity index (χ0v) is 13.8. The predicted octanol–water partition coefficient (Wildman–Crippen LogP) is 1.84. The van der Waals surface area contributed by atoms with Gasteiger partial charge in [0.25, 0.3) is 0 Å². The Labute approximate surface area is 123 Å². The first kappa shape index (κ1) is 16.7. The number of nitrogens with zero attached hydrogens (tertiary/aromatic N) is 3. The van der Waals surface area contributed by atoms with Crippen molar-refractivity contribution in [3.63, 3.8) is 0 Å². The summed E-state index contributed by atoms with van der Waals surface area (Å²) in [5.74, 6) is 0.926. The molecule has 7 heteroatoms. The number of rotatable bonds is 9. The molecule has 0 fully saturated rings. The molecule has 0 radical (unpaired) electrons. The van der Waals surface area contributed by atoms with Crippen LogP contribution < -0.4 is 10.2 Å². The monoisotopic (exact) mass is 304 g/mol. The van der Waals surface area contributed by atoms with Crippen molar-refractivity contribution in [2.75, 3.05) is 37.9 Å². The standard InChI is InChI=1S/C12H24N4OS2/c1-5-7-13-12(2,9-17)6-8-18-11-15-14-10(19-11)16(3)4/h13,17H,5-9H2,1-4H3. The van der Waals surface area contributed by atoms with Crippen LogP contribution in [0.3, 0.4) is 0 Å². The van der Waals surface area contributed by atoms with Crippen molar-refractivity contribution in [1.82, 2.24) is 15.5 Å². The van der Waals surface area contributed by atoms with E-state index < -0.39 is 0 Å². The average molecular weight is 304 g/mol. The molecule has 1 rings (SSSR count). The number of aromatic nitrogens is 2. The molecule has 1 atom stereocenters. The smallest absolute Gasteiger partial charge is 0.208 e. The first-order chi connectivity index (χ1) is 9.00. The number of nitrogens with one attached hydrogen (secondary N) is 1. The van der Waals surface area contributed by atoms with E-state index >= 15 is 0 Å². The lowest BCUT2D eigenvalue weighted by atomic mass is 10.0. The van der Waals surface area contributed by atoms with Gasteiger partial charge in [-0.25, -0.2) is 0 Å². The van der Waals surface area contributed by atoms with Gasteiger partial charge >= 0.3 is 0 Å². The van der Waals surface area contributed by atoms with Crippen molar-refractivity contribution < 1.29 is 5.11 Å². The van der Waals surface area contributed by atoms with Crippen LogP contribution in [0.25, 0.3) is 0 Å². The number of anilines is 1. The van der Waals surface area contributed by atoms with Crippen LogP contribution in [0.2, 0.25) is 0 Å². The van der Waals surface area contributed by atoms with Crippen LogP contribution in [0, 0.1) is 0 Å². The SMILES string of the molecule is CCCNC(C)(CO)CCSc1nnc(N(C)C)s1. The van der Waals surface area contributed by atoms with Crippen LogP contribution in [0.4, 0.5) is 5.13 Å². The molecule has 1 aromatic rings. The zero-order chi connectivity index (χ0) is 14.3. The molecular weight excluding hydrogens is 280 g/mol. The fourth-order valence-corrected chi connectivity index (χ4v) is 3.49. The summed E-state index contributed by atoms with van der Waals surface area (Å²) in [7, 11) is 3.93. The molecule has 1 unspecified atom stereocenters. The Hall–Kier alpha value is -0.370. The molecule has 0 aliphatic heterocycles. The molecule has 0 saturated carbocycles. The second-order valence-electron chi connectivity index (χ2n) is 4.99. The summed E-state index contributed by atoms with van der Waals surface area (Å²) >= 11 is 3.30. The quantitative estimate of drug-likeness (QED) is 0.679. The highest BCUT2D eigenvalue weighted by Gasteiger charge is 2.22. The molecule has 0 aliphatic carbocycles. The van der Waals surface area contributed by atoms with Crippen LogP contribution in [-0.2, 0) is 0 Å². The second kappa shape index (κ2) is 8.04. The molecule has 0 aliphatic rings. The highest BCUT2D eigenvalue weighted by molar-refractivity contribution is 8.01. The predicted molar refractivity (Wildman–Crippen MR) is 83.4 cm³/mol. The lowest BCUT2D eigenvalue weighted by Crippen LogP contribution is -2.46. The van der Waals surface area contributed by atoms with Crippen LogP contribution in [0.5, 0.6) is 0 Å².